The van der Waals surface area contributed by atoms with E-state index in [9.17, 15) is 0 Å². The Balaban J connectivity index is 2.06. The van der Waals surface area contributed by atoms with E-state index in [1.165, 1.54) is 0 Å². The third-order valence-electron chi connectivity index (χ3n) is 3.06. The zero-order valence-corrected chi connectivity index (χ0v) is 10.6. The van der Waals surface area contributed by atoms with Gasteiger partial charge in [-0.2, -0.15) is 5.26 Å². The van der Waals surface area contributed by atoms with Crippen LogP contribution in [0.2, 0.25) is 0 Å². The smallest absolute Gasteiger partial charge is 0.0705 e. The van der Waals surface area contributed by atoms with E-state index in [1.54, 1.807) is 0 Å². The third kappa shape index (κ3) is 3.06. The van der Waals surface area contributed by atoms with Crippen molar-refractivity contribution in [2.75, 3.05) is 0 Å². The summed E-state index contributed by atoms with van der Waals surface area (Å²) in [4.78, 5) is 4.60. The summed E-state index contributed by atoms with van der Waals surface area (Å²) < 4.78 is 0. The van der Waals surface area contributed by atoms with Gasteiger partial charge in [-0.05, 0) is 18.6 Å². The molecule has 1 aromatic carbocycles. The quantitative estimate of drug-likeness (QED) is 0.872. The lowest BCUT2D eigenvalue weighted by Crippen LogP contribution is -2.27. The average molecular weight is 239 g/mol. The van der Waals surface area contributed by atoms with Crippen LogP contribution in [0.3, 0.4) is 0 Å². The Morgan fingerprint density at radius 3 is 2.89 bits per heavy atom. The molecule has 0 fully saturated rings. The molecular formula is C15H17N3. The lowest BCUT2D eigenvalue weighted by Gasteiger charge is -2.13. The van der Waals surface area contributed by atoms with Crippen LogP contribution in [0.25, 0.3) is 10.9 Å². The predicted octanol–water partition coefficient (Wildman–Crippen LogP) is 3.02. The van der Waals surface area contributed by atoms with Gasteiger partial charge in [-0.1, -0.05) is 31.2 Å². The van der Waals surface area contributed by atoms with Crippen molar-refractivity contribution in [2.24, 2.45) is 0 Å². The molecule has 0 amide bonds. The number of fused-ring (bicyclic) bond motifs is 1. The van der Waals surface area contributed by atoms with Gasteiger partial charge in [0, 0.05) is 18.0 Å². The van der Waals surface area contributed by atoms with Gasteiger partial charge < -0.3 is 5.32 Å². The Kier molecular flexibility index (Phi) is 4.27. The highest BCUT2D eigenvalue weighted by atomic mass is 14.9. The molecule has 0 aliphatic rings. The first-order chi connectivity index (χ1) is 8.83. The molecule has 0 bridgehead atoms. The minimum absolute atomic E-state index is 0.253. The van der Waals surface area contributed by atoms with E-state index in [-0.39, 0.29) is 6.04 Å². The van der Waals surface area contributed by atoms with Crippen molar-refractivity contribution in [1.82, 2.24) is 10.3 Å². The van der Waals surface area contributed by atoms with Gasteiger partial charge >= 0.3 is 0 Å². The standard InChI is InChI=1S/C15H17N3/c1-2-13(9-10-16)17-11-14-8-7-12-5-3-4-6-15(12)18-14/h3-8,13,17H,2,9,11H2,1H3. The SMILES string of the molecule is CCC(CC#N)NCc1ccc2ccccc2n1. The van der Waals surface area contributed by atoms with Gasteiger partial charge in [0.15, 0.2) is 0 Å². The van der Waals surface area contributed by atoms with Crippen LogP contribution >= 0.6 is 0 Å². The summed E-state index contributed by atoms with van der Waals surface area (Å²) in [6, 6.07) is 14.7. The van der Waals surface area contributed by atoms with Crippen LogP contribution in [0.1, 0.15) is 25.5 Å². The molecule has 1 heterocycles. The molecule has 18 heavy (non-hydrogen) atoms. The highest BCUT2D eigenvalue weighted by Gasteiger charge is 2.05. The second-order valence-electron chi connectivity index (χ2n) is 4.34. The first-order valence-electron chi connectivity index (χ1n) is 6.28. The van der Waals surface area contributed by atoms with E-state index in [0.29, 0.717) is 13.0 Å². The van der Waals surface area contributed by atoms with E-state index in [4.69, 9.17) is 5.26 Å². The number of aromatic nitrogens is 1. The van der Waals surface area contributed by atoms with Gasteiger partial charge in [0.05, 0.1) is 23.7 Å². The molecule has 3 heteroatoms. The second kappa shape index (κ2) is 6.13. The van der Waals surface area contributed by atoms with Gasteiger partial charge in [0.1, 0.15) is 0 Å². The normalized spacial score (nSPS) is 12.2. The van der Waals surface area contributed by atoms with Crippen molar-refractivity contribution in [3.8, 4) is 6.07 Å². The van der Waals surface area contributed by atoms with Crippen LogP contribution in [0.15, 0.2) is 36.4 Å². The van der Waals surface area contributed by atoms with Crippen molar-refractivity contribution < 1.29 is 0 Å². The van der Waals surface area contributed by atoms with Crippen LogP contribution in [-0.4, -0.2) is 11.0 Å². The van der Waals surface area contributed by atoms with Gasteiger partial charge in [0.2, 0.25) is 0 Å². The summed E-state index contributed by atoms with van der Waals surface area (Å²) in [5.41, 5.74) is 2.04. The molecule has 2 rings (SSSR count). The van der Waals surface area contributed by atoms with Crippen LogP contribution < -0.4 is 5.32 Å². The molecule has 0 spiro atoms. The van der Waals surface area contributed by atoms with E-state index in [1.807, 2.05) is 24.3 Å². The Bertz CT molecular complexity index is 557. The Labute approximate surface area is 107 Å². The van der Waals surface area contributed by atoms with Gasteiger partial charge in [-0.15, -0.1) is 0 Å². The number of benzene rings is 1. The number of nitriles is 1. The van der Waals surface area contributed by atoms with E-state index < -0.39 is 0 Å². The van der Waals surface area contributed by atoms with Gasteiger partial charge in [0.25, 0.3) is 0 Å². The Morgan fingerprint density at radius 1 is 1.28 bits per heavy atom. The Morgan fingerprint density at radius 2 is 2.11 bits per heavy atom. The summed E-state index contributed by atoms with van der Waals surface area (Å²) in [7, 11) is 0. The maximum absolute atomic E-state index is 8.70. The van der Waals surface area contributed by atoms with E-state index in [2.05, 4.69) is 35.4 Å². The number of hydrogen-bond donors (Lipinski definition) is 1. The van der Waals surface area contributed by atoms with Crippen LogP contribution in [-0.2, 0) is 6.54 Å². The largest absolute Gasteiger partial charge is 0.307 e. The fraction of sp³-hybridized carbons (Fsp3) is 0.333. The first kappa shape index (κ1) is 12.5. The minimum Gasteiger partial charge on any atom is -0.307 e. The summed E-state index contributed by atoms with van der Waals surface area (Å²) >= 11 is 0. The topological polar surface area (TPSA) is 48.7 Å². The molecule has 0 saturated heterocycles. The number of pyridine rings is 1. The lowest BCUT2D eigenvalue weighted by atomic mass is 10.1. The second-order valence-corrected chi connectivity index (χ2v) is 4.34. The van der Waals surface area contributed by atoms with Crippen molar-refractivity contribution >= 4 is 10.9 Å². The first-order valence-corrected chi connectivity index (χ1v) is 6.28. The van der Waals surface area contributed by atoms with Crippen molar-refractivity contribution in [3.63, 3.8) is 0 Å². The molecule has 0 saturated carbocycles. The molecule has 0 radical (unpaired) electrons. The average Bonchev–Trinajstić information content (AvgIpc) is 2.43. The fourth-order valence-electron chi connectivity index (χ4n) is 1.93. The van der Waals surface area contributed by atoms with Gasteiger partial charge in [-0.3, -0.25) is 4.98 Å². The van der Waals surface area contributed by atoms with E-state index in [0.717, 1.165) is 23.0 Å². The van der Waals surface area contributed by atoms with Crippen LogP contribution in [0, 0.1) is 11.3 Å². The molecule has 2 aromatic rings. The monoisotopic (exact) mass is 239 g/mol. The molecule has 1 unspecified atom stereocenters. The highest BCUT2D eigenvalue weighted by Crippen LogP contribution is 2.11. The van der Waals surface area contributed by atoms with Gasteiger partial charge in [-0.25, -0.2) is 0 Å². The zero-order valence-electron chi connectivity index (χ0n) is 10.6. The summed E-state index contributed by atoms with van der Waals surface area (Å²) in [6.45, 7) is 2.80. The van der Waals surface area contributed by atoms with Crippen molar-refractivity contribution in [3.05, 3.63) is 42.1 Å². The molecular weight excluding hydrogens is 222 g/mol. The fourth-order valence-corrected chi connectivity index (χ4v) is 1.93. The molecule has 1 N–H and O–H groups in total. The maximum Gasteiger partial charge on any atom is 0.0705 e. The summed E-state index contributed by atoms with van der Waals surface area (Å²) in [5, 5.41) is 13.2. The molecule has 1 aromatic heterocycles. The van der Waals surface area contributed by atoms with Crippen molar-refractivity contribution in [2.45, 2.75) is 32.4 Å². The van der Waals surface area contributed by atoms with Crippen LogP contribution in [0.4, 0.5) is 0 Å². The van der Waals surface area contributed by atoms with Crippen LogP contribution in [0.5, 0.6) is 0 Å². The predicted molar refractivity (Wildman–Crippen MR) is 72.9 cm³/mol. The highest BCUT2D eigenvalue weighted by molar-refractivity contribution is 5.78. The van der Waals surface area contributed by atoms with E-state index >= 15 is 0 Å². The molecule has 3 nitrogen and oxygen atoms in total. The molecule has 92 valence electrons. The molecule has 1 atom stereocenters. The summed E-state index contributed by atoms with van der Waals surface area (Å²) in [6.07, 6.45) is 1.51. The number of nitrogens with zero attached hydrogens (tertiary/aromatic N) is 2. The zero-order chi connectivity index (χ0) is 12.8. The third-order valence-corrected chi connectivity index (χ3v) is 3.06. The van der Waals surface area contributed by atoms with Crippen molar-refractivity contribution in [1.29, 1.82) is 5.26 Å². The number of rotatable bonds is 5. The summed E-state index contributed by atoms with van der Waals surface area (Å²) in [5.74, 6) is 0. The maximum atomic E-state index is 8.70. The molecule has 0 aliphatic carbocycles. The number of hydrogen-bond acceptors (Lipinski definition) is 3. The molecule has 0 aliphatic heterocycles. The number of nitrogens with one attached hydrogen (secondary N) is 1. The number of para-hydroxylation sites is 1. The minimum atomic E-state index is 0.253. The lowest BCUT2D eigenvalue weighted by molar-refractivity contribution is 0.501. The Hall–Kier alpha value is -1.92.